The molecule has 0 unspecified atom stereocenters. The lowest BCUT2D eigenvalue weighted by atomic mass is 9.82. The Morgan fingerprint density at radius 1 is 0.558 bits per heavy atom. The third-order valence-corrected chi connectivity index (χ3v) is 16.5. The van der Waals surface area contributed by atoms with Gasteiger partial charge in [0.25, 0.3) is 5.56 Å². The van der Waals surface area contributed by atoms with Gasteiger partial charge in [-0.25, -0.2) is 4.98 Å². The second-order valence-corrected chi connectivity index (χ2v) is 22.0. The molecule has 0 aliphatic carbocycles. The Labute approximate surface area is 499 Å². The highest BCUT2D eigenvalue weighted by atomic mass is 16.5. The number of carbonyl (C=O) groups excluding carboxylic acids is 1. The van der Waals surface area contributed by atoms with Gasteiger partial charge in [0.1, 0.15) is 40.1 Å². The number of fused-ring (bicyclic) bond motifs is 10. The number of hydrogen-bond acceptors (Lipinski definition) is 7. The third kappa shape index (κ3) is 9.29. The van der Waals surface area contributed by atoms with E-state index in [1.165, 1.54) is 38.9 Å². The number of nitrogens with zero attached hydrogens (tertiary/aromatic N) is 2. The summed E-state index contributed by atoms with van der Waals surface area (Å²) in [6.07, 6.45) is 7.04. The second-order valence-electron chi connectivity index (χ2n) is 22.0. The van der Waals surface area contributed by atoms with Crippen molar-refractivity contribution in [1.29, 1.82) is 0 Å². The Morgan fingerprint density at radius 3 is 1.77 bits per heavy atom. The Bertz CT molecular complexity index is 5220. The SMILES string of the molecule is C=C/C=C\c1cc2c(ccc3nc4c5cc(Oc6ccc(C)cc6)c6c7c(Oc8ccc(C)cc8)cc(C(=C)C)c8c(C(C)=O)cc(OCC)c(c9c(OC=C)cc(c(=O)n4c32)c5c96)c87)cc1C.CC.Cc1ccc2cc3ccccc3cc2c1C. The van der Waals surface area contributed by atoms with Crippen molar-refractivity contribution in [1.82, 2.24) is 9.38 Å². The monoisotopic (exact) mass is 1130 g/mol. The summed E-state index contributed by atoms with van der Waals surface area (Å²) in [7, 11) is 0. The minimum absolute atomic E-state index is 0.149. The van der Waals surface area contributed by atoms with Crippen LogP contribution >= 0.6 is 0 Å². The summed E-state index contributed by atoms with van der Waals surface area (Å²) in [6.45, 7) is 32.5. The maximum atomic E-state index is 15.7. The van der Waals surface area contributed by atoms with Crippen LogP contribution in [0.1, 0.15) is 83.9 Å². The molecule has 0 saturated carbocycles. The van der Waals surface area contributed by atoms with Crippen molar-refractivity contribution in [3.8, 4) is 34.5 Å². The predicted molar refractivity (Wildman–Crippen MR) is 362 cm³/mol. The molecule has 2 heterocycles. The molecule has 8 heteroatoms. The quantitative estimate of drug-likeness (QED) is 0.0396. The molecule has 0 atom stereocenters. The Kier molecular flexibility index (Phi) is 14.6. The van der Waals surface area contributed by atoms with E-state index in [-0.39, 0.29) is 11.3 Å². The fraction of sp³-hybridized carbons (Fsp3) is 0.141. The molecule has 8 nitrogen and oxygen atoms in total. The molecule has 0 aliphatic rings. The van der Waals surface area contributed by atoms with Gasteiger partial charge in [0.15, 0.2) is 5.78 Å². The van der Waals surface area contributed by atoms with Crippen LogP contribution in [0.2, 0.25) is 0 Å². The highest BCUT2D eigenvalue weighted by Crippen LogP contribution is 2.57. The summed E-state index contributed by atoms with van der Waals surface area (Å²) in [5, 5.41) is 13.6. The fourth-order valence-corrected chi connectivity index (χ4v) is 12.4. The number of ether oxygens (including phenoxy) is 4. The highest BCUT2D eigenvalue weighted by Gasteiger charge is 2.32. The van der Waals surface area contributed by atoms with Crippen molar-refractivity contribution in [2.45, 2.75) is 69.2 Å². The minimum atomic E-state index is -0.272. The zero-order chi connectivity index (χ0) is 60.4. The van der Waals surface area contributed by atoms with Crippen LogP contribution in [0.15, 0.2) is 189 Å². The van der Waals surface area contributed by atoms with Crippen LogP contribution in [0.5, 0.6) is 34.5 Å². The molecule has 0 N–H and O–H groups in total. The van der Waals surface area contributed by atoms with E-state index in [0.717, 1.165) is 44.2 Å². The minimum Gasteiger partial charge on any atom is -0.493 e. The number of Topliss-reactive ketones (excluding diaryl/α,β-unsaturated/α-hetero) is 1. The van der Waals surface area contributed by atoms with Gasteiger partial charge in [-0.1, -0.05) is 141 Å². The van der Waals surface area contributed by atoms with Gasteiger partial charge in [0, 0.05) is 59.4 Å². The molecule has 0 amide bonds. The summed E-state index contributed by atoms with van der Waals surface area (Å²) in [5.41, 5.74) is 10.5. The van der Waals surface area contributed by atoms with Crippen molar-refractivity contribution in [3.05, 3.63) is 239 Å². The molecule has 424 valence electrons. The van der Waals surface area contributed by atoms with E-state index in [1.54, 1.807) is 23.5 Å². The van der Waals surface area contributed by atoms with Crippen molar-refractivity contribution in [3.63, 3.8) is 0 Å². The number of rotatable bonds is 12. The van der Waals surface area contributed by atoms with Gasteiger partial charge in [-0.2, -0.15) is 0 Å². The molecular formula is C78H66N2O6. The molecule has 0 saturated heterocycles. The fourth-order valence-electron chi connectivity index (χ4n) is 12.4. The van der Waals surface area contributed by atoms with Crippen LogP contribution in [0.25, 0.3) is 115 Å². The van der Waals surface area contributed by atoms with E-state index in [9.17, 15) is 4.79 Å². The Hall–Kier alpha value is -10.3. The van der Waals surface area contributed by atoms with Crippen LogP contribution < -0.4 is 24.5 Å². The number of aromatic nitrogens is 2. The lowest BCUT2D eigenvalue weighted by Crippen LogP contribution is -2.14. The number of imidazole rings is 1. The lowest BCUT2D eigenvalue weighted by molar-refractivity contribution is 0.101. The van der Waals surface area contributed by atoms with Crippen LogP contribution in [0, 0.1) is 34.6 Å². The van der Waals surface area contributed by atoms with Gasteiger partial charge in [0.05, 0.1) is 29.3 Å². The molecule has 2 aromatic heterocycles. The van der Waals surface area contributed by atoms with E-state index in [2.05, 4.69) is 107 Å². The first-order chi connectivity index (χ1) is 41.6. The third-order valence-electron chi connectivity index (χ3n) is 16.5. The van der Waals surface area contributed by atoms with Crippen LogP contribution in [0.4, 0.5) is 0 Å². The van der Waals surface area contributed by atoms with Crippen molar-refractivity contribution in [2.24, 2.45) is 0 Å². The molecule has 0 fully saturated rings. The van der Waals surface area contributed by atoms with Crippen molar-refractivity contribution >= 4 is 120 Å². The van der Waals surface area contributed by atoms with E-state index >= 15 is 4.79 Å². The molecule has 14 aromatic rings. The van der Waals surface area contributed by atoms with Crippen LogP contribution in [0.3, 0.4) is 0 Å². The molecule has 0 spiro atoms. The van der Waals surface area contributed by atoms with E-state index < -0.39 is 0 Å². The molecule has 14 rings (SSSR count). The summed E-state index contributed by atoms with van der Waals surface area (Å²) in [5.74, 6) is 2.84. The molecule has 0 radical (unpaired) electrons. The predicted octanol–water partition coefficient (Wildman–Crippen LogP) is 21.1. The Morgan fingerprint density at radius 2 is 1.14 bits per heavy atom. The molecule has 0 aliphatic heterocycles. The maximum absolute atomic E-state index is 15.7. The second kappa shape index (κ2) is 22.4. The Balaban J connectivity index is 0.000000343. The number of carbonyl (C=O) groups is 1. The normalized spacial score (nSPS) is 11.6. The summed E-state index contributed by atoms with van der Waals surface area (Å²) in [6, 6.07) is 49.1. The molecule has 86 heavy (non-hydrogen) atoms. The van der Waals surface area contributed by atoms with Gasteiger partial charge in [-0.15, -0.1) is 0 Å². The van der Waals surface area contributed by atoms with Gasteiger partial charge in [0.2, 0.25) is 0 Å². The van der Waals surface area contributed by atoms with Crippen molar-refractivity contribution in [2.75, 3.05) is 6.61 Å². The number of ketones is 1. The number of aryl methyl sites for hydroxylation is 5. The molecule has 12 aromatic carbocycles. The first-order valence-electron chi connectivity index (χ1n) is 29.3. The topological polar surface area (TPSA) is 88.4 Å². The first kappa shape index (κ1) is 56.2. The number of benzene rings is 12. The van der Waals surface area contributed by atoms with E-state index in [4.69, 9.17) is 23.9 Å². The standard InChI is InChI=1S/C60H46N2O6.C16H14.C2H6/c1-10-13-14-36-26-42-37(25-34(36)8)19-24-45-58(42)62-59(61-45)43-29-49(68-39-22-17-33(7)18-23-39)55-54-48(67-38-20-15-32(6)16-21-38)27-40(31(4)5)50-41(35(9)63)28-46(65-11-2)52(56(50)54)53-47(66-12-3)30-44(60(62)64)51(43)57(53)55;1-11-7-8-15-9-13-5-3-4-6-14(13)10-16(15)12(11)2;1-2/h10,12-30H,1,3-4,11H2,2,5-9H3;3-10H,1-2H3;1-2H3/b14-13-;;. The molecule has 0 bridgehead atoms. The maximum Gasteiger partial charge on any atom is 0.264 e. The largest absolute Gasteiger partial charge is 0.493 e. The van der Waals surface area contributed by atoms with Crippen LogP contribution in [-0.2, 0) is 0 Å². The van der Waals surface area contributed by atoms with Gasteiger partial charge < -0.3 is 18.9 Å². The summed E-state index contributed by atoms with van der Waals surface area (Å²) < 4.78 is 29.0. The van der Waals surface area contributed by atoms with Gasteiger partial charge >= 0.3 is 0 Å². The van der Waals surface area contributed by atoms with Gasteiger partial charge in [-0.3, -0.25) is 14.0 Å². The first-order valence-corrected chi connectivity index (χ1v) is 29.3. The lowest BCUT2D eigenvalue weighted by Gasteiger charge is -2.26. The molecular weight excluding hydrogens is 1060 g/mol. The van der Waals surface area contributed by atoms with E-state index in [0.29, 0.717) is 117 Å². The number of hydrogen-bond donors (Lipinski definition) is 0. The van der Waals surface area contributed by atoms with E-state index in [1.807, 2.05) is 126 Å². The number of allylic oxidation sites excluding steroid dienone is 3. The van der Waals surface area contributed by atoms with Gasteiger partial charge in [-0.05, 0) is 183 Å². The van der Waals surface area contributed by atoms with Crippen molar-refractivity contribution < 1.29 is 23.7 Å². The number of pyridine rings is 1. The average molecular weight is 1130 g/mol. The summed E-state index contributed by atoms with van der Waals surface area (Å²) in [4.78, 5) is 35.0. The van der Waals surface area contributed by atoms with Crippen LogP contribution in [-0.4, -0.2) is 21.8 Å². The average Bonchev–Trinajstić information content (AvgIpc) is 0.959. The smallest absolute Gasteiger partial charge is 0.264 e. The highest BCUT2D eigenvalue weighted by molar-refractivity contribution is 6.43. The summed E-state index contributed by atoms with van der Waals surface area (Å²) >= 11 is 0. The zero-order valence-electron chi connectivity index (χ0n) is 50.3. The zero-order valence-corrected chi connectivity index (χ0v) is 50.3.